The van der Waals surface area contributed by atoms with Crippen LogP contribution in [0.3, 0.4) is 0 Å². The fourth-order valence-corrected chi connectivity index (χ4v) is 4.80. The standard InChI is InChI=1S/C24H39NO2/c1-2-3-4-5-7-12-22(21-10-8-6-9-11-21)15-16-25-18-20-13-14-23-24(17-20)27-19-26-23/h13-14,17,21-22,25H,2-12,15-16,18-19H2,1H3. The first-order chi connectivity index (χ1) is 13.4. The number of nitrogens with one attached hydrogen (secondary N) is 1. The molecule has 0 spiro atoms. The minimum Gasteiger partial charge on any atom is -0.454 e. The topological polar surface area (TPSA) is 30.5 Å². The van der Waals surface area contributed by atoms with Crippen molar-refractivity contribution < 1.29 is 9.47 Å². The van der Waals surface area contributed by atoms with Gasteiger partial charge in [-0.25, -0.2) is 0 Å². The first kappa shape index (κ1) is 20.5. The fourth-order valence-electron chi connectivity index (χ4n) is 4.80. The van der Waals surface area contributed by atoms with Gasteiger partial charge >= 0.3 is 0 Å². The Morgan fingerprint density at radius 2 is 1.78 bits per heavy atom. The summed E-state index contributed by atoms with van der Waals surface area (Å²) in [6.07, 6.45) is 17.2. The van der Waals surface area contributed by atoms with Gasteiger partial charge in [0, 0.05) is 6.54 Å². The molecule has 1 aliphatic carbocycles. The van der Waals surface area contributed by atoms with Crippen molar-refractivity contribution in [2.45, 2.75) is 90.5 Å². The van der Waals surface area contributed by atoms with Gasteiger partial charge in [-0.3, -0.25) is 0 Å². The molecule has 1 heterocycles. The lowest BCUT2D eigenvalue weighted by Gasteiger charge is -2.30. The van der Waals surface area contributed by atoms with E-state index < -0.39 is 0 Å². The maximum atomic E-state index is 5.49. The highest BCUT2D eigenvalue weighted by molar-refractivity contribution is 5.44. The Morgan fingerprint density at radius 1 is 0.963 bits per heavy atom. The largest absolute Gasteiger partial charge is 0.454 e. The lowest BCUT2D eigenvalue weighted by atomic mass is 9.76. The molecule has 0 amide bonds. The van der Waals surface area contributed by atoms with Crippen LogP contribution in [0.15, 0.2) is 18.2 Å². The summed E-state index contributed by atoms with van der Waals surface area (Å²) < 4.78 is 10.9. The maximum absolute atomic E-state index is 5.49. The first-order valence-electron chi connectivity index (χ1n) is 11.5. The van der Waals surface area contributed by atoms with Crippen molar-refractivity contribution in [3.8, 4) is 11.5 Å². The smallest absolute Gasteiger partial charge is 0.231 e. The molecule has 1 aromatic rings. The van der Waals surface area contributed by atoms with E-state index in [2.05, 4.69) is 24.4 Å². The van der Waals surface area contributed by atoms with Crippen LogP contribution in [0, 0.1) is 11.8 Å². The summed E-state index contributed by atoms with van der Waals surface area (Å²) in [5.41, 5.74) is 1.29. The lowest BCUT2D eigenvalue weighted by Crippen LogP contribution is -2.24. The van der Waals surface area contributed by atoms with Gasteiger partial charge < -0.3 is 14.8 Å². The number of hydrogen-bond acceptors (Lipinski definition) is 3. The summed E-state index contributed by atoms with van der Waals surface area (Å²) in [4.78, 5) is 0. The monoisotopic (exact) mass is 373 g/mol. The summed E-state index contributed by atoms with van der Waals surface area (Å²) in [6.45, 7) is 4.71. The van der Waals surface area contributed by atoms with Crippen LogP contribution in [-0.2, 0) is 6.54 Å². The normalized spacial score (nSPS) is 18.0. The quantitative estimate of drug-likeness (QED) is 0.427. The molecule has 3 rings (SSSR count). The Bertz CT molecular complexity index is 539. The second-order valence-corrected chi connectivity index (χ2v) is 8.51. The van der Waals surface area contributed by atoms with Crippen molar-refractivity contribution in [1.82, 2.24) is 5.32 Å². The molecule has 1 saturated carbocycles. The molecule has 0 aromatic heterocycles. The Morgan fingerprint density at radius 3 is 2.63 bits per heavy atom. The average Bonchev–Trinajstić information content (AvgIpc) is 3.18. The summed E-state index contributed by atoms with van der Waals surface area (Å²) in [5.74, 6) is 3.68. The van der Waals surface area contributed by atoms with Crippen LogP contribution in [0.1, 0.15) is 89.5 Å². The Balaban J connectivity index is 1.39. The summed E-state index contributed by atoms with van der Waals surface area (Å²) in [7, 11) is 0. The highest BCUT2D eigenvalue weighted by atomic mass is 16.7. The van der Waals surface area contributed by atoms with E-state index in [1.54, 1.807) is 0 Å². The molecule has 0 saturated heterocycles. The second-order valence-electron chi connectivity index (χ2n) is 8.51. The molecular formula is C24H39NO2. The highest BCUT2D eigenvalue weighted by Crippen LogP contribution is 2.35. The van der Waals surface area contributed by atoms with Crippen molar-refractivity contribution in [3.05, 3.63) is 23.8 Å². The third-order valence-corrected chi connectivity index (χ3v) is 6.45. The average molecular weight is 374 g/mol. The van der Waals surface area contributed by atoms with E-state index in [0.29, 0.717) is 6.79 Å². The van der Waals surface area contributed by atoms with Crippen LogP contribution >= 0.6 is 0 Å². The molecule has 1 fully saturated rings. The predicted molar refractivity (Wildman–Crippen MR) is 112 cm³/mol. The molecule has 152 valence electrons. The fraction of sp³-hybridized carbons (Fsp3) is 0.750. The number of unbranched alkanes of at least 4 members (excludes halogenated alkanes) is 4. The third-order valence-electron chi connectivity index (χ3n) is 6.45. The maximum Gasteiger partial charge on any atom is 0.231 e. The van der Waals surface area contributed by atoms with Crippen LogP contribution in [0.4, 0.5) is 0 Å². The van der Waals surface area contributed by atoms with E-state index in [1.165, 1.54) is 82.6 Å². The minimum atomic E-state index is 0.355. The number of ether oxygens (including phenoxy) is 2. The Labute approximate surface area is 166 Å². The Hall–Kier alpha value is -1.22. The summed E-state index contributed by atoms with van der Waals surface area (Å²) in [5, 5.41) is 3.68. The molecule has 1 aromatic carbocycles. The summed E-state index contributed by atoms with van der Waals surface area (Å²) >= 11 is 0. The molecule has 0 bridgehead atoms. The van der Waals surface area contributed by atoms with Crippen molar-refractivity contribution >= 4 is 0 Å². The van der Waals surface area contributed by atoms with Gasteiger partial charge in [0.25, 0.3) is 0 Å². The zero-order valence-corrected chi connectivity index (χ0v) is 17.3. The molecule has 1 aliphatic heterocycles. The van der Waals surface area contributed by atoms with Crippen LogP contribution in [0.2, 0.25) is 0 Å². The van der Waals surface area contributed by atoms with Crippen molar-refractivity contribution in [1.29, 1.82) is 0 Å². The molecule has 1 N–H and O–H groups in total. The van der Waals surface area contributed by atoms with Gasteiger partial charge in [-0.15, -0.1) is 0 Å². The van der Waals surface area contributed by atoms with Gasteiger partial charge in [-0.2, -0.15) is 0 Å². The first-order valence-corrected chi connectivity index (χ1v) is 11.5. The zero-order chi connectivity index (χ0) is 18.7. The van der Waals surface area contributed by atoms with Crippen molar-refractivity contribution in [3.63, 3.8) is 0 Å². The lowest BCUT2D eigenvalue weighted by molar-refractivity contribution is 0.174. The number of rotatable bonds is 12. The van der Waals surface area contributed by atoms with E-state index in [1.807, 2.05) is 6.07 Å². The van der Waals surface area contributed by atoms with Gasteiger partial charge in [-0.05, 0) is 42.5 Å². The second kappa shape index (κ2) is 11.6. The number of fused-ring (bicyclic) bond motifs is 1. The van der Waals surface area contributed by atoms with Crippen LogP contribution in [-0.4, -0.2) is 13.3 Å². The minimum absolute atomic E-state index is 0.355. The molecule has 2 aliphatic rings. The van der Waals surface area contributed by atoms with E-state index in [0.717, 1.165) is 36.4 Å². The predicted octanol–water partition coefficient (Wildman–Crippen LogP) is 6.45. The molecule has 0 radical (unpaired) electrons. The molecule has 1 unspecified atom stereocenters. The zero-order valence-electron chi connectivity index (χ0n) is 17.3. The molecule has 1 atom stereocenters. The SMILES string of the molecule is CCCCCCCC(CCNCc1ccc2c(c1)OCO2)C1CCCCC1. The Kier molecular flexibility index (Phi) is 8.80. The molecular weight excluding hydrogens is 334 g/mol. The van der Waals surface area contributed by atoms with E-state index in [-0.39, 0.29) is 0 Å². The van der Waals surface area contributed by atoms with Gasteiger partial charge in [0.2, 0.25) is 6.79 Å². The van der Waals surface area contributed by atoms with Crippen LogP contribution in [0.25, 0.3) is 0 Å². The van der Waals surface area contributed by atoms with Crippen LogP contribution < -0.4 is 14.8 Å². The van der Waals surface area contributed by atoms with Crippen LogP contribution in [0.5, 0.6) is 11.5 Å². The highest BCUT2D eigenvalue weighted by Gasteiger charge is 2.23. The molecule has 3 nitrogen and oxygen atoms in total. The van der Waals surface area contributed by atoms with E-state index in [4.69, 9.17) is 9.47 Å². The van der Waals surface area contributed by atoms with Gasteiger partial charge in [0.1, 0.15) is 0 Å². The third kappa shape index (κ3) is 6.71. The number of benzene rings is 1. The van der Waals surface area contributed by atoms with Crippen molar-refractivity contribution in [2.24, 2.45) is 11.8 Å². The van der Waals surface area contributed by atoms with Gasteiger partial charge in [0.05, 0.1) is 0 Å². The van der Waals surface area contributed by atoms with E-state index in [9.17, 15) is 0 Å². The molecule has 3 heteroatoms. The van der Waals surface area contributed by atoms with E-state index >= 15 is 0 Å². The van der Waals surface area contributed by atoms with Gasteiger partial charge in [0.15, 0.2) is 11.5 Å². The van der Waals surface area contributed by atoms with Gasteiger partial charge in [-0.1, -0.05) is 83.6 Å². The van der Waals surface area contributed by atoms with Crippen molar-refractivity contribution in [2.75, 3.05) is 13.3 Å². The molecule has 27 heavy (non-hydrogen) atoms. The number of hydrogen-bond donors (Lipinski definition) is 1. The summed E-state index contributed by atoms with van der Waals surface area (Å²) in [6, 6.07) is 6.29.